The predicted molar refractivity (Wildman–Crippen MR) is 185 cm³/mol. The number of unbranched alkanes of at least 4 members (excludes halogenated alkanes) is 6. The summed E-state index contributed by atoms with van der Waals surface area (Å²) in [6.07, 6.45) is 22.0. The quantitative estimate of drug-likeness (QED) is 0.0911. The number of benzene rings is 2. The summed E-state index contributed by atoms with van der Waals surface area (Å²) >= 11 is 3.70. The molecule has 0 amide bonds. The molecule has 40 heavy (non-hydrogen) atoms. The Morgan fingerprint density at radius 1 is 0.550 bits per heavy atom. The van der Waals surface area contributed by atoms with Crippen molar-refractivity contribution in [2.75, 3.05) is 0 Å². The van der Waals surface area contributed by atoms with E-state index in [1.54, 1.807) is 9.84 Å². The minimum Gasteiger partial charge on any atom is -0.153 e. The largest absolute Gasteiger partial charge is 0.153 e. The van der Waals surface area contributed by atoms with Crippen molar-refractivity contribution in [3.63, 3.8) is 0 Å². The van der Waals surface area contributed by atoms with E-state index in [1.807, 2.05) is 22.7 Å². The Morgan fingerprint density at radius 3 is 1.32 bits per heavy atom. The smallest absolute Gasteiger partial charge is 0.0511 e. The van der Waals surface area contributed by atoms with Crippen molar-refractivity contribution in [3.8, 4) is 11.1 Å². The van der Waals surface area contributed by atoms with Gasteiger partial charge in [0.15, 0.2) is 0 Å². The molecule has 4 rings (SSSR count). The molecule has 0 fully saturated rings. The van der Waals surface area contributed by atoms with Crippen LogP contribution in [0.5, 0.6) is 0 Å². The Balaban J connectivity index is 0.00000192. The topological polar surface area (TPSA) is 0 Å². The van der Waals surface area contributed by atoms with Crippen LogP contribution in [-0.4, -0.2) is 1.28 Å². The van der Waals surface area contributed by atoms with Gasteiger partial charge in [-0.2, -0.15) is 9.84 Å². The van der Waals surface area contributed by atoms with Crippen molar-refractivity contribution in [1.29, 1.82) is 1.28 Å². The summed E-state index contributed by atoms with van der Waals surface area (Å²) in [7, 11) is 1.67. The summed E-state index contributed by atoms with van der Waals surface area (Å²) in [5, 5.41) is 4.45. The number of aryl methyl sites for hydroxylation is 2. The van der Waals surface area contributed by atoms with Crippen LogP contribution in [0.4, 0.5) is 0 Å². The SMILES string of the molecule is CCCCCCc1ccsc1/C=C/c1ccc(-c2ccc(/C=C/c3sccc3CCCCCC)cc2)cc1.[3H]P.[V]. The molecule has 2 heterocycles. The first-order valence-electron chi connectivity index (χ1n) is 15.0. The molecular formula is C36H45PS2V. The molecule has 0 aliphatic heterocycles. The van der Waals surface area contributed by atoms with E-state index in [1.165, 1.54) is 107 Å². The molecule has 0 bridgehead atoms. The second kappa shape index (κ2) is 19.5. The molecule has 0 saturated heterocycles. The van der Waals surface area contributed by atoms with Gasteiger partial charge in [-0.3, -0.25) is 0 Å². The van der Waals surface area contributed by atoms with Crippen molar-refractivity contribution in [2.45, 2.75) is 78.1 Å². The van der Waals surface area contributed by atoms with Gasteiger partial charge < -0.3 is 0 Å². The van der Waals surface area contributed by atoms with E-state index in [0.29, 0.717) is 0 Å². The van der Waals surface area contributed by atoms with Gasteiger partial charge in [0.2, 0.25) is 0 Å². The van der Waals surface area contributed by atoms with Crippen molar-refractivity contribution in [1.82, 2.24) is 0 Å². The van der Waals surface area contributed by atoms with E-state index in [4.69, 9.17) is 1.28 Å². The van der Waals surface area contributed by atoms with Crippen LogP contribution in [0, 0.1) is 0 Å². The second-order valence-corrected chi connectivity index (χ2v) is 12.0. The monoisotopic (exact) mass is 625 g/mol. The van der Waals surface area contributed by atoms with Crippen LogP contribution in [0.1, 0.15) is 97.2 Å². The molecule has 0 aliphatic rings. The molecule has 211 valence electrons. The third-order valence-corrected chi connectivity index (χ3v) is 9.02. The normalized spacial score (nSPS) is 11.3. The molecule has 1 atom stereocenters. The van der Waals surface area contributed by atoms with Crippen LogP contribution in [0.2, 0.25) is 0 Å². The van der Waals surface area contributed by atoms with Gasteiger partial charge >= 0.3 is 0 Å². The second-order valence-electron chi connectivity index (χ2n) is 10.2. The van der Waals surface area contributed by atoms with Gasteiger partial charge in [0.1, 0.15) is 0 Å². The number of rotatable bonds is 15. The summed E-state index contributed by atoms with van der Waals surface area (Å²) in [4.78, 5) is 2.81. The van der Waals surface area contributed by atoms with Crippen molar-refractivity contribution < 1.29 is 18.6 Å². The van der Waals surface area contributed by atoms with E-state index >= 15 is 0 Å². The molecule has 2 aromatic heterocycles. The standard InChI is InChI=1S/C36H42S2.H3P.V/c1-3-5-7-9-11-33-25-27-37-35(33)23-17-29-13-19-31(20-14-29)32-21-15-30(16-22-32)18-24-36-34(26-28-38-36)12-10-8-6-4-2;;/h13-28H,3-12H2,1-2H3;1H3;/b23-17+,24-18+;;/i;1T;. The zero-order chi connectivity index (χ0) is 28.4. The predicted octanol–water partition coefficient (Wildman–Crippen LogP) is 12.1. The molecule has 0 spiro atoms. The third-order valence-electron chi connectivity index (χ3n) is 7.17. The van der Waals surface area contributed by atoms with Crippen molar-refractivity contribution in [2.24, 2.45) is 0 Å². The van der Waals surface area contributed by atoms with Gasteiger partial charge in [0, 0.05) is 28.3 Å². The maximum Gasteiger partial charge on any atom is 0.0511 e. The molecule has 1 radical (unpaired) electrons. The summed E-state index contributed by atoms with van der Waals surface area (Å²) in [5.41, 5.74) is 8.02. The summed E-state index contributed by atoms with van der Waals surface area (Å²) in [6, 6.07) is 22.5. The van der Waals surface area contributed by atoms with Crippen LogP contribution in [0.3, 0.4) is 0 Å². The summed E-state index contributed by atoms with van der Waals surface area (Å²) < 4.78 is 5.67. The first-order chi connectivity index (χ1) is 19.8. The van der Waals surface area contributed by atoms with Gasteiger partial charge in [-0.25, -0.2) is 0 Å². The Bertz CT molecular complexity index is 1180. The molecular weight excluding hydrogens is 578 g/mol. The first kappa shape index (κ1) is 32.8. The first-order valence-corrected chi connectivity index (χ1v) is 16.2. The van der Waals surface area contributed by atoms with Gasteiger partial charge in [-0.05, 0) is 94.1 Å². The fourth-order valence-electron chi connectivity index (χ4n) is 4.80. The van der Waals surface area contributed by atoms with E-state index in [2.05, 4.69) is 110 Å². The summed E-state index contributed by atoms with van der Waals surface area (Å²) in [5.74, 6) is 0. The summed E-state index contributed by atoms with van der Waals surface area (Å²) in [6.45, 7) is 4.55. The zero-order valence-electron chi connectivity index (χ0n) is 25.1. The molecule has 0 nitrogen and oxygen atoms in total. The molecule has 2 aromatic carbocycles. The Labute approximate surface area is 267 Å². The Morgan fingerprint density at radius 2 is 0.950 bits per heavy atom. The van der Waals surface area contributed by atoms with Crippen LogP contribution < -0.4 is 0 Å². The molecule has 0 N–H and O–H groups in total. The fraction of sp³-hybridized carbons (Fsp3) is 0.333. The number of thiophene rings is 2. The maximum atomic E-state index is 5.67. The molecule has 1 unspecified atom stereocenters. The van der Waals surface area contributed by atoms with Crippen molar-refractivity contribution in [3.05, 3.63) is 103 Å². The average molecular weight is 626 g/mol. The van der Waals surface area contributed by atoms with E-state index in [9.17, 15) is 0 Å². The average Bonchev–Trinajstić information content (AvgIpc) is 3.66. The van der Waals surface area contributed by atoms with Crippen LogP contribution in [0.25, 0.3) is 35.4 Å². The molecule has 0 saturated carbocycles. The molecule has 4 heteroatoms. The van der Waals surface area contributed by atoms with Crippen LogP contribution in [0.15, 0.2) is 71.4 Å². The van der Waals surface area contributed by atoms with Crippen molar-refractivity contribution >= 4 is 56.8 Å². The third kappa shape index (κ3) is 11.0. The van der Waals surface area contributed by atoms with E-state index in [-0.39, 0.29) is 18.6 Å². The number of hydrogen-bond donors (Lipinski definition) is 0. The zero-order valence-corrected chi connectivity index (χ0v) is 28.3. The minimum atomic E-state index is 0. The molecule has 4 aromatic rings. The maximum absolute atomic E-state index is 5.67. The van der Waals surface area contributed by atoms with Crippen LogP contribution >= 0.6 is 32.5 Å². The Kier molecular flexibility index (Phi) is 16.0. The van der Waals surface area contributed by atoms with Crippen LogP contribution in [-0.2, 0) is 31.4 Å². The fourth-order valence-corrected chi connectivity index (χ4v) is 6.50. The van der Waals surface area contributed by atoms with Gasteiger partial charge in [-0.15, -0.1) is 22.7 Å². The van der Waals surface area contributed by atoms with Gasteiger partial charge in [-0.1, -0.05) is 113 Å². The molecule has 0 aliphatic carbocycles. The number of hydrogen-bond acceptors (Lipinski definition) is 2. The van der Waals surface area contributed by atoms with Gasteiger partial charge in [0.05, 0.1) is 1.28 Å². The minimum absolute atomic E-state index is 0. The van der Waals surface area contributed by atoms with E-state index in [0.717, 1.165) is 0 Å². The van der Waals surface area contributed by atoms with Gasteiger partial charge in [0.25, 0.3) is 0 Å². The van der Waals surface area contributed by atoms with E-state index < -0.39 is 0 Å². The Hall–Kier alpha value is -1.67.